The highest BCUT2D eigenvalue weighted by molar-refractivity contribution is 14.0. The average Bonchev–Trinajstić information content (AvgIpc) is 3.03. The van der Waals surface area contributed by atoms with E-state index >= 15 is 0 Å². The number of nitrogens with zero attached hydrogens (tertiary/aromatic N) is 3. The Balaban J connectivity index is 0.00000261. The van der Waals surface area contributed by atoms with E-state index in [4.69, 9.17) is 0 Å². The van der Waals surface area contributed by atoms with Crippen LogP contribution in [0.2, 0.25) is 0 Å². The molecule has 1 saturated heterocycles. The lowest BCUT2D eigenvalue weighted by atomic mass is 10.2. The van der Waals surface area contributed by atoms with Crippen molar-refractivity contribution < 1.29 is 8.42 Å². The van der Waals surface area contributed by atoms with Gasteiger partial charge in [0.1, 0.15) is 0 Å². The topological polar surface area (TPSA) is 65.0 Å². The second kappa shape index (κ2) is 9.21. The second-order valence-corrected chi connectivity index (χ2v) is 11.1. The van der Waals surface area contributed by atoms with Crippen molar-refractivity contribution in [3.8, 4) is 0 Å². The summed E-state index contributed by atoms with van der Waals surface area (Å²) in [6.45, 7) is 7.19. The van der Waals surface area contributed by atoms with Crippen molar-refractivity contribution in [1.29, 1.82) is 0 Å². The molecule has 2 aliphatic heterocycles. The van der Waals surface area contributed by atoms with Crippen LogP contribution in [0.25, 0.3) is 0 Å². The number of sulfonamides is 1. The summed E-state index contributed by atoms with van der Waals surface area (Å²) >= 11 is 1.96. The minimum absolute atomic E-state index is 0. The molecule has 0 aromatic heterocycles. The van der Waals surface area contributed by atoms with Crippen LogP contribution < -0.4 is 9.62 Å². The van der Waals surface area contributed by atoms with Crippen LogP contribution in [0.3, 0.4) is 0 Å². The zero-order chi connectivity index (χ0) is 18.8. The lowest BCUT2D eigenvalue weighted by molar-refractivity contribution is 0.377. The molecule has 3 rings (SSSR count). The lowest BCUT2D eigenvalue weighted by Crippen LogP contribution is -2.51. The number of rotatable bonds is 4. The summed E-state index contributed by atoms with van der Waals surface area (Å²) in [7, 11) is -1.59. The number of thioether (sulfide) groups is 1. The zero-order valence-electron chi connectivity index (χ0n) is 16.1. The predicted octanol–water partition coefficient (Wildman–Crippen LogP) is 2.40. The first-order chi connectivity index (χ1) is 12.3. The highest BCUT2D eigenvalue weighted by Crippen LogP contribution is 2.30. The molecule has 0 unspecified atom stereocenters. The third kappa shape index (κ3) is 5.44. The molecule has 0 radical (unpaired) electrons. The third-order valence-electron chi connectivity index (χ3n) is 4.76. The highest BCUT2D eigenvalue weighted by atomic mass is 127. The molecule has 0 atom stereocenters. The number of benzene rings is 1. The second-order valence-electron chi connectivity index (χ2n) is 7.27. The van der Waals surface area contributed by atoms with Crippen molar-refractivity contribution in [3.05, 3.63) is 29.8 Å². The number of aliphatic imine (C=N–C) groups is 1. The molecule has 0 spiro atoms. The summed E-state index contributed by atoms with van der Waals surface area (Å²) in [5.41, 5.74) is 1.93. The number of guanidine groups is 1. The Kier molecular flexibility index (Phi) is 7.71. The maximum absolute atomic E-state index is 12.8. The molecule has 2 heterocycles. The van der Waals surface area contributed by atoms with Crippen LogP contribution in [-0.2, 0) is 16.4 Å². The summed E-state index contributed by atoms with van der Waals surface area (Å²) in [6.07, 6.45) is 0.783. The average molecular weight is 524 g/mol. The van der Waals surface area contributed by atoms with Gasteiger partial charge in [-0.15, -0.1) is 24.0 Å². The molecule has 6 nitrogen and oxygen atoms in total. The first-order valence-electron chi connectivity index (χ1n) is 9.00. The van der Waals surface area contributed by atoms with Crippen molar-refractivity contribution >= 4 is 57.4 Å². The third-order valence-corrected chi connectivity index (χ3v) is 7.83. The van der Waals surface area contributed by atoms with Crippen LogP contribution in [0.4, 0.5) is 5.69 Å². The van der Waals surface area contributed by atoms with E-state index in [1.54, 1.807) is 11.4 Å². The van der Waals surface area contributed by atoms with Gasteiger partial charge in [0, 0.05) is 43.7 Å². The fourth-order valence-corrected chi connectivity index (χ4v) is 6.07. The Morgan fingerprint density at radius 2 is 2.04 bits per heavy atom. The highest BCUT2D eigenvalue weighted by Gasteiger charge is 2.30. The van der Waals surface area contributed by atoms with Crippen LogP contribution in [0.15, 0.2) is 29.3 Å². The van der Waals surface area contributed by atoms with Gasteiger partial charge in [-0.3, -0.25) is 9.30 Å². The fraction of sp³-hybridized carbons (Fsp3) is 0.611. The Bertz CT molecular complexity index is 783. The van der Waals surface area contributed by atoms with Gasteiger partial charge in [0.15, 0.2) is 5.96 Å². The largest absolute Gasteiger partial charge is 0.355 e. The van der Waals surface area contributed by atoms with Gasteiger partial charge in [-0.2, -0.15) is 11.8 Å². The zero-order valence-corrected chi connectivity index (χ0v) is 20.1. The Morgan fingerprint density at radius 1 is 1.30 bits per heavy atom. The van der Waals surface area contributed by atoms with E-state index in [0.717, 1.165) is 42.5 Å². The van der Waals surface area contributed by atoms with Gasteiger partial charge >= 0.3 is 0 Å². The van der Waals surface area contributed by atoms with Crippen LogP contribution in [-0.4, -0.2) is 68.8 Å². The van der Waals surface area contributed by atoms with Gasteiger partial charge in [-0.05, 0) is 31.9 Å². The first-order valence-corrected chi connectivity index (χ1v) is 11.6. The number of nitrogens with one attached hydrogen (secondary N) is 1. The van der Waals surface area contributed by atoms with Crippen LogP contribution in [0.5, 0.6) is 0 Å². The van der Waals surface area contributed by atoms with Crippen LogP contribution in [0, 0.1) is 0 Å². The van der Waals surface area contributed by atoms with Crippen molar-refractivity contribution in [3.63, 3.8) is 0 Å². The van der Waals surface area contributed by atoms with Gasteiger partial charge < -0.3 is 10.2 Å². The van der Waals surface area contributed by atoms with Crippen molar-refractivity contribution in [2.45, 2.75) is 25.0 Å². The van der Waals surface area contributed by atoms with E-state index in [0.29, 0.717) is 13.1 Å². The number of hydrogen-bond donors (Lipinski definition) is 1. The van der Waals surface area contributed by atoms with Gasteiger partial charge in [0.25, 0.3) is 0 Å². The quantitative estimate of drug-likeness (QED) is 0.373. The number of para-hydroxylation sites is 1. The molecular weight excluding hydrogens is 495 g/mol. The normalized spacial score (nSPS) is 19.4. The Morgan fingerprint density at radius 3 is 2.74 bits per heavy atom. The van der Waals surface area contributed by atoms with Gasteiger partial charge in [-0.25, -0.2) is 8.42 Å². The molecule has 1 fully saturated rings. The van der Waals surface area contributed by atoms with E-state index in [1.807, 2.05) is 36.0 Å². The van der Waals surface area contributed by atoms with Gasteiger partial charge in [0.05, 0.1) is 11.4 Å². The summed E-state index contributed by atoms with van der Waals surface area (Å²) in [4.78, 5) is 6.56. The number of fused-ring (bicyclic) bond motifs is 1. The molecule has 1 aromatic rings. The molecule has 0 bridgehead atoms. The number of hydrogen-bond acceptors (Lipinski definition) is 4. The standard InChI is InChI=1S/C18H28N4O2S2.HI/c1-18(2)14-21(11-12-25-18)17(19-3)20-9-13-26(23,24)22-10-8-15-6-4-5-7-16(15)22;/h4-7H,8-14H2,1-3H3,(H,19,20);1H. The van der Waals surface area contributed by atoms with Crippen molar-refractivity contribution in [2.75, 3.05) is 49.0 Å². The minimum Gasteiger partial charge on any atom is -0.355 e. The molecule has 2 aliphatic rings. The smallest absolute Gasteiger partial charge is 0.236 e. The lowest BCUT2D eigenvalue weighted by Gasteiger charge is -2.39. The molecule has 0 amide bonds. The fourth-order valence-electron chi connectivity index (χ4n) is 3.53. The summed E-state index contributed by atoms with van der Waals surface area (Å²) in [5, 5.41) is 3.24. The van der Waals surface area contributed by atoms with Crippen LogP contribution in [0.1, 0.15) is 19.4 Å². The maximum atomic E-state index is 12.8. The first kappa shape index (κ1) is 22.6. The monoisotopic (exact) mass is 524 g/mol. The molecule has 1 aromatic carbocycles. The van der Waals surface area contributed by atoms with Gasteiger partial charge in [-0.1, -0.05) is 18.2 Å². The number of halogens is 1. The minimum atomic E-state index is -3.34. The van der Waals surface area contributed by atoms with E-state index in [2.05, 4.69) is 29.1 Å². The maximum Gasteiger partial charge on any atom is 0.236 e. The molecule has 152 valence electrons. The van der Waals surface area contributed by atoms with Gasteiger partial charge in [0.2, 0.25) is 10.0 Å². The summed E-state index contributed by atoms with van der Waals surface area (Å²) < 4.78 is 27.3. The van der Waals surface area contributed by atoms with E-state index in [-0.39, 0.29) is 34.5 Å². The Hall–Kier alpha value is -0.680. The molecule has 1 N–H and O–H groups in total. The molecule has 0 aliphatic carbocycles. The van der Waals surface area contributed by atoms with Crippen molar-refractivity contribution in [1.82, 2.24) is 10.2 Å². The van der Waals surface area contributed by atoms with E-state index in [1.165, 1.54) is 0 Å². The molecule has 27 heavy (non-hydrogen) atoms. The molecular formula is C18H29IN4O2S2. The number of anilines is 1. The Labute approximate surface area is 184 Å². The molecule has 9 heteroatoms. The van der Waals surface area contributed by atoms with Crippen LogP contribution >= 0.6 is 35.7 Å². The van der Waals surface area contributed by atoms with Crippen molar-refractivity contribution in [2.24, 2.45) is 4.99 Å². The SMILES string of the molecule is CN=C(NCCS(=O)(=O)N1CCc2ccccc21)N1CCSC(C)(C)C1.I. The predicted molar refractivity (Wildman–Crippen MR) is 126 cm³/mol. The summed E-state index contributed by atoms with van der Waals surface area (Å²) in [6, 6.07) is 7.74. The summed E-state index contributed by atoms with van der Waals surface area (Å²) in [5.74, 6) is 1.90. The van der Waals surface area contributed by atoms with E-state index < -0.39 is 10.0 Å². The molecule has 0 saturated carbocycles. The van der Waals surface area contributed by atoms with E-state index in [9.17, 15) is 8.42 Å².